The molecule has 0 aliphatic carbocycles. The van der Waals surface area contributed by atoms with Gasteiger partial charge in [-0.05, 0) is 30.5 Å². The van der Waals surface area contributed by atoms with Crippen LogP contribution >= 0.6 is 23.2 Å². The highest BCUT2D eigenvalue weighted by atomic mass is 35.5. The molecule has 0 spiro atoms. The number of aliphatic imine (C=N–C) groups is 1. The van der Waals surface area contributed by atoms with Crippen LogP contribution in [0.15, 0.2) is 35.8 Å². The summed E-state index contributed by atoms with van der Waals surface area (Å²) in [5, 5.41) is 7.60. The largest absolute Gasteiger partial charge is 0.356 e. The van der Waals surface area contributed by atoms with Crippen molar-refractivity contribution in [2.24, 2.45) is 4.99 Å². The second-order valence-corrected chi connectivity index (χ2v) is 6.23. The average molecular weight is 371 g/mol. The minimum Gasteiger partial charge on any atom is -0.356 e. The Morgan fingerprint density at radius 2 is 2.08 bits per heavy atom. The standard InChI is InChI=1S/C17H24Cl2N4O/c1-4-9-20-17(22-12-16(24)23(2)3)21-10-5-6-13-7-8-14(18)11-15(13)19/h4,7-8,11H,1,5-6,9-10,12H2,2-3H3,(H2,20,21,22). The van der Waals surface area contributed by atoms with Crippen LogP contribution in [-0.4, -0.2) is 50.5 Å². The molecular weight excluding hydrogens is 347 g/mol. The van der Waals surface area contributed by atoms with Gasteiger partial charge >= 0.3 is 0 Å². The molecule has 0 bridgehead atoms. The van der Waals surface area contributed by atoms with E-state index in [1.165, 1.54) is 4.90 Å². The van der Waals surface area contributed by atoms with Crippen molar-refractivity contribution in [1.82, 2.24) is 15.5 Å². The summed E-state index contributed by atoms with van der Waals surface area (Å²) < 4.78 is 0. The Hall–Kier alpha value is -1.72. The van der Waals surface area contributed by atoms with Gasteiger partial charge in [0.25, 0.3) is 0 Å². The first kappa shape index (κ1) is 20.3. The van der Waals surface area contributed by atoms with E-state index < -0.39 is 0 Å². The maximum atomic E-state index is 11.6. The second kappa shape index (κ2) is 10.9. The molecule has 1 amide bonds. The third-order valence-corrected chi connectivity index (χ3v) is 3.80. The highest BCUT2D eigenvalue weighted by Crippen LogP contribution is 2.21. The third-order valence-electron chi connectivity index (χ3n) is 3.22. The van der Waals surface area contributed by atoms with E-state index in [0.29, 0.717) is 29.1 Å². The maximum Gasteiger partial charge on any atom is 0.243 e. The summed E-state index contributed by atoms with van der Waals surface area (Å²) in [6.45, 7) is 5.04. The minimum atomic E-state index is -0.0531. The van der Waals surface area contributed by atoms with Crippen LogP contribution in [0.4, 0.5) is 0 Å². The molecule has 1 aromatic carbocycles. The molecule has 0 unspecified atom stereocenters. The highest BCUT2D eigenvalue weighted by Gasteiger charge is 2.05. The maximum absolute atomic E-state index is 11.6. The van der Waals surface area contributed by atoms with Gasteiger partial charge in [0.05, 0.1) is 0 Å². The van der Waals surface area contributed by atoms with Crippen molar-refractivity contribution < 1.29 is 4.79 Å². The smallest absolute Gasteiger partial charge is 0.243 e. The number of benzene rings is 1. The molecule has 132 valence electrons. The molecule has 0 saturated heterocycles. The molecule has 7 heteroatoms. The van der Waals surface area contributed by atoms with Crippen LogP contribution in [0.1, 0.15) is 12.0 Å². The molecular formula is C17H24Cl2N4O. The number of halogens is 2. The lowest BCUT2D eigenvalue weighted by atomic mass is 10.1. The molecule has 0 fully saturated rings. The van der Waals surface area contributed by atoms with Crippen LogP contribution in [0.3, 0.4) is 0 Å². The first-order chi connectivity index (χ1) is 11.4. The van der Waals surface area contributed by atoms with Crippen LogP contribution in [0.25, 0.3) is 0 Å². The van der Waals surface area contributed by atoms with Gasteiger partial charge < -0.3 is 15.5 Å². The molecule has 0 saturated carbocycles. The van der Waals surface area contributed by atoms with Gasteiger partial charge in [-0.2, -0.15) is 0 Å². The number of carbonyl (C=O) groups excluding carboxylic acids is 1. The topological polar surface area (TPSA) is 56.7 Å². The number of nitrogens with one attached hydrogen (secondary N) is 2. The van der Waals surface area contributed by atoms with Gasteiger partial charge in [-0.15, -0.1) is 6.58 Å². The van der Waals surface area contributed by atoms with Crippen molar-refractivity contribution in [2.75, 3.05) is 33.7 Å². The lowest BCUT2D eigenvalue weighted by molar-refractivity contribution is -0.127. The van der Waals surface area contributed by atoms with E-state index in [1.54, 1.807) is 26.2 Å². The van der Waals surface area contributed by atoms with E-state index in [-0.39, 0.29) is 12.5 Å². The van der Waals surface area contributed by atoms with Crippen molar-refractivity contribution in [2.45, 2.75) is 12.8 Å². The molecule has 0 aliphatic heterocycles. The van der Waals surface area contributed by atoms with E-state index in [2.05, 4.69) is 22.2 Å². The van der Waals surface area contributed by atoms with Gasteiger partial charge in [-0.1, -0.05) is 35.3 Å². The molecule has 0 atom stereocenters. The SMILES string of the molecule is C=CCNC(=NCC(=O)N(C)C)NCCCc1ccc(Cl)cc1Cl. The summed E-state index contributed by atoms with van der Waals surface area (Å²) in [6.07, 6.45) is 3.44. The van der Waals surface area contributed by atoms with E-state index in [1.807, 2.05) is 12.1 Å². The minimum absolute atomic E-state index is 0.0531. The van der Waals surface area contributed by atoms with Crippen LogP contribution in [-0.2, 0) is 11.2 Å². The average Bonchev–Trinajstić information content (AvgIpc) is 2.54. The zero-order chi connectivity index (χ0) is 17.9. The number of likely N-dealkylation sites (N-methyl/N-ethyl adjacent to an activating group) is 1. The number of aryl methyl sites for hydroxylation is 1. The van der Waals surface area contributed by atoms with Crippen molar-refractivity contribution in [3.8, 4) is 0 Å². The van der Waals surface area contributed by atoms with Gasteiger partial charge in [0.15, 0.2) is 5.96 Å². The molecule has 0 aliphatic rings. The van der Waals surface area contributed by atoms with Crippen molar-refractivity contribution in [3.63, 3.8) is 0 Å². The zero-order valence-electron chi connectivity index (χ0n) is 14.1. The number of rotatable bonds is 8. The van der Waals surface area contributed by atoms with E-state index in [9.17, 15) is 4.79 Å². The summed E-state index contributed by atoms with van der Waals surface area (Å²) in [5.41, 5.74) is 1.06. The Bertz CT molecular complexity index is 588. The van der Waals surface area contributed by atoms with Gasteiger partial charge in [0.1, 0.15) is 6.54 Å². The number of guanidine groups is 1. The van der Waals surface area contributed by atoms with Crippen molar-refractivity contribution in [1.29, 1.82) is 0 Å². The van der Waals surface area contributed by atoms with Crippen molar-refractivity contribution in [3.05, 3.63) is 46.5 Å². The normalized spacial score (nSPS) is 11.1. The summed E-state index contributed by atoms with van der Waals surface area (Å²) in [5.74, 6) is 0.537. The Morgan fingerprint density at radius 3 is 2.71 bits per heavy atom. The molecule has 0 aromatic heterocycles. The highest BCUT2D eigenvalue weighted by molar-refractivity contribution is 6.35. The molecule has 1 aromatic rings. The zero-order valence-corrected chi connectivity index (χ0v) is 15.6. The Kier molecular flexibility index (Phi) is 9.27. The Morgan fingerprint density at radius 1 is 1.33 bits per heavy atom. The van der Waals surface area contributed by atoms with Gasteiger partial charge in [0, 0.05) is 37.2 Å². The predicted molar refractivity (Wildman–Crippen MR) is 102 cm³/mol. The quantitative estimate of drug-likeness (QED) is 0.320. The van der Waals surface area contributed by atoms with Crippen LogP contribution in [0, 0.1) is 0 Å². The van der Waals surface area contributed by atoms with Gasteiger partial charge in [-0.25, -0.2) is 4.99 Å². The fourth-order valence-corrected chi connectivity index (χ4v) is 2.34. The van der Waals surface area contributed by atoms with Gasteiger partial charge in [-0.3, -0.25) is 4.79 Å². The first-order valence-corrected chi connectivity index (χ1v) is 8.46. The number of amides is 1. The monoisotopic (exact) mass is 370 g/mol. The fraction of sp³-hybridized carbons (Fsp3) is 0.412. The molecule has 24 heavy (non-hydrogen) atoms. The van der Waals surface area contributed by atoms with E-state index in [0.717, 1.165) is 18.4 Å². The number of nitrogens with zero attached hydrogens (tertiary/aromatic N) is 2. The van der Waals surface area contributed by atoms with Crippen LogP contribution < -0.4 is 10.6 Å². The van der Waals surface area contributed by atoms with Gasteiger partial charge in [0.2, 0.25) is 5.91 Å². The molecule has 1 rings (SSSR count). The molecule has 2 N–H and O–H groups in total. The van der Waals surface area contributed by atoms with Crippen LogP contribution in [0.2, 0.25) is 10.0 Å². The summed E-state index contributed by atoms with van der Waals surface area (Å²) >= 11 is 12.1. The summed E-state index contributed by atoms with van der Waals surface area (Å²) in [7, 11) is 3.41. The van der Waals surface area contributed by atoms with Crippen molar-refractivity contribution >= 4 is 35.1 Å². The molecule has 0 radical (unpaired) electrons. The summed E-state index contributed by atoms with van der Waals surface area (Å²) in [6, 6.07) is 5.52. The summed E-state index contributed by atoms with van der Waals surface area (Å²) in [4.78, 5) is 17.4. The van der Waals surface area contributed by atoms with E-state index in [4.69, 9.17) is 23.2 Å². The molecule has 5 nitrogen and oxygen atoms in total. The lowest BCUT2D eigenvalue weighted by Crippen LogP contribution is -2.39. The van der Waals surface area contributed by atoms with E-state index >= 15 is 0 Å². The number of hydrogen-bond donors (Lipinski definition) is 2. The second-order valence-electron chi connectivity index (χ2n) is 5.39. The van der Waals surface area contributed by atoms with Crippen LogP contribution in [0.5, 0.6) is 0 Å². The first-order valence-electron chi connectivity index (χ1n) is 7.71. The lowest BCUT2D eigenvalue weighted by Gasteiger charge is -2.13. The number of hydrogen-bond acceptors (Lipinski definition) is 2. The fourth-order valence-electron chi connectivity index (χ4n) is 1.84. The molecule has 0 heterocycles. The predicted octanol–water partition coefficient (Wildman–Crippen LogP) is 2.74. The Balaban J connectivity index is 2.47. The number of carbonyl (C=O) groups is 1. The third kappa shape index (κ3) is 7.70. The Labute approximate surface area is 153 Å².